The Morgan fingerprint density at radius 2 is 1.59 bits per heavy atom. The third-order valence-corrected chi connectivity index (χ3v) is 9.90. The van der Waals surface area contributed by atoms with Crippen molar-refractivity contribution >= 4 is 29.0 Å². The summed E-state index contributed by atoms with van der Waals surface area (Å²) in [5, 5.41) is 22.6. The lowest BCUT2D eigenvalue weighted by atomic mass is 9.52. The predicted octanol–water partition coefficient (Wildman–Crippen LogP) is 2.15. The van der Waals surface area contributed by atoms with Crippen LogP contribution in [0.5, 0.6) is 5.75 Å². The highest BCUT2D eigenvalue weighted by Gasteiger charge is 2.69. The number of nitrogens with two attached hydrogens (primary N) is 1. The first kappa shape index (κ1) is 31.7. The van der Waals surface area contributed by atoms with Gasteiger partial charge in [-0.2, -0.15) is 0 Å². The van der Waals surface area contributed by atoms with Crippen LogP contribution in [-0.4, -0.2) is 86.9 Å². The molecule has 0 aliphatic heterocycles. The normalized spacial score (nSPS) is 28.5. The third kappa shape index (κ3) is 4.80. The molecule has 44 heavy (non-hydrogen) atoms. The van der Waals surface area contributed by atoms with E-state index in [0.717, 1.165) is 23.2 Å². The molecule has 2 unspecified atom stereocenters. The fourth-order valence-electron chi connectivity index (χ4n) is 7.84. The summed E-state index contributed by atoms with van der Waals surface area (Å²) in [6, 6.07) is 10.8. The molecule has 10 heteroatoms. The van der Waals surface area contributed by atoms with Gasteiger partial charge >= 0.3 is 0 Å². The number of Topliss-reactive ketones (excluding diaryl/α,β-unsaturated/α-hetero) is 4. The highest BCUT2D eigenvalue weighted by atomic mass is 16.3. The number of ketones is 4. The molecule has 6 atom stereocenters. The number of amides is 1. The Kier molecular flexibility index (Phi) is 8.15. The van der Waals surface area contributed by atoms with Crippen LogP contribution in [0, 0.1) is 23.7 Å². The van der Waals surface area contributed by atoms with Crippen molar-refractivity contribution < 1.29 is 34.2 Å². The van der Waals surface area contributed by atoms with E-state index in [-0.39, 0.29) is 24.2 Å². The van der Waals surface area contributed by atoms with Crippen LogP contribution >= 0.6 is 0 Å². The number of nitrogens with zero attached hydrogens (tertiary/aromatic N) is 2. The Labute approximate surface area is 257 Å². The summed E-state index contributed by atoms with van der Waals surface area (Å²) >= 11 is 0. The maximum absolute atomic E-state index is 14.0. The van der Waals surface area contributed by atoms with Gasteiger partial charge in [0, 0.05) is 24.5 Å². The fourth-order valence-corrected chi connectivity index (χ4v) is 7.84. The maximum Gasteiger partial charge on any atom is 0.235 e. The maximum atomic E-state index is 14.0. The molecule has 0 radical (unpaired) electrons. The smallest absolute Gasteiger partial charge is 0.235 e. The zero-order valence-corrected chi connectivity index (χ0v) is 26.0. The van der Waals surface area contributed by atoms with Gasteiger partial charge in [-0.15, -0.1) is 0 Å². The summed E-state index contributed by atoms with van der Waals surface area (Å²) in [7, 11) is 3.13. The van der Waals surface area contributed by atoms with E-state index >= 15 is 0 Å². The Morgan fingerprint density at radius 3 is 2.14 bits per heavy atom. The average Bonchev–Trinajstić information content (AvgIpc) is 2.93. The van der Waals surface area contributed by atoms with Crippen LogP contribution in [0.2, 0.25) is 0 Å². The van der Waals surface area contributed by atoms with Crippen LogP contribution in [-0.2, 0) is 32.1 Å². The van der Waals surface area contributed by atoms with Gasteiger partial charge in [0.25, 0.3) is 0 Å². The number of carbonyl (C=O) groups excluding carboxylic acids is 5. The molecule has 2 saturated carbocycles. The molecule has 0 aromatic heterocycles. The number of carbonyl (C=O) groups is 5. The van der Waals surface area contributed by atoms with Gasteiger partial charge in [-0.3, -0.25) is 33.8 Å². The van der Waals surface area contributed by atoms with Gasteiger partial charge in [-0.1, -0.05) is 30.3 Å². The molecule has 2 fully saturated rings. The van der Waals surface area contributed by atoms with Gasteiger partial charge in [-0.25, -0.2) is 0 Å². The van der Waals surface area contributed by atoms with Crippen LogP contribution in [0.3, 0.4) is 0 Å². The topological polar surface area (TPSA) is 158 Å². The standard InChI is InChI=1S/C34H41N3O7/c1-16(2)37(17(3)4)15-18-7-9-19(10-8-18)21-11-12-24(38)26-22(21)13-20-14-23-28(36(5)6)30(40)27(33(35)43)32(42)34(23,44)31(41)25(20)29(26)39/h7-12,16-17,20,23,25,27-28,38,44H,13-15H2,1-6H3,(H2,35,43)/t20-,23-,25?,27?,28-,34-/m0/s1. The van der Waals surface area contributed by atoms with E-state index in [2.05, 4.69) is 32.6 Å². The van der Waals surface area contributed by atoms with Crippen molar-refractivity contribution in [1.82, 2.24) is 9.80 Å². The highest BCUT2D eigenvalue weighted by molar-refractivity contribution is 6.32. The highest BCUT2D eigenvalue weighted by Crippen LogP contribution is 2.51. The van der Waals surface area contributed by atoms with Crippen LogP contribution in [0.4, 0.5) is 0 Å². The number of phenols is 1. The Bertz CT molecular complexity index is 1540. The minimum atomic E-state index is -2.74. The van der Waals surface area contributed by atoms with Crippen LogP contribution in [0.25, 0.3) is 11.1 Å². The zero-order chi connectivity index (χ0) is 32.4. The second-order valence-corrected chi connectivity index (χ2v) is 13.3. The number of aromatic hydroxyl groups is 1. The molecule has 0 bridgehead atoms. The van der Waals surface area contributed by atoms with Gasteiger partial charge < -0.3 is 15.9 Å². The van der Waals surface area contributed by atoms with E-state index in [1.54, 1.807) is 20.2 Å². The Morgan fingerprint density at radius 1 is 0.977 bits per heavy atom. The molecule has 2 aromatic rings. The number of hydrogen-bond acceptors (Lipinski definition) is 9. The first-order chi connectivity index (χ1) is 20.6. The molecule has 10 nitrogen and oxygen atoms in total. The Balaban J connectivity index is 1.55. The van der Waals surface area contributed by atoms with Crippen molar-refractivity contribution in [2.24, 2.45) is 29.4 Å². The van der Waals surface area contributed by atoms with Gasteiger partial charge in [0.05, 0.1) is 17.5 Å². The summed E-state index contributed by atoms with van der Waals surface area (Å²) in [5.74, 6) is -10.5. The second kappa shape index (κ2) is 11.3. The number of phenolic OH excluding ortho intramolecular Hbond substituents is 1. The van der Waals surface area contributed by atoms with Crippen LogP contribution in [0.15, 0.2) is 36.4 Å². The molecule has 0 saturated heterocycles. The number of rotatable bonds is 7. The lowest BCUT2D eigenvalue weighted by Gasteiger charge is -2.52. The lowest BCUT2D eigenvalue weighted by Crippen LogP contribution is -2.74. The minimum Gasteiger partial charge on any atom is -0.507 e. The van der Waals surface area contributed by atoms with E-state index < -0.39 is 64.4 Å². The molecule has 2 aromatic carbocycles. The molecule has 0 heterocycles. The molecular formula is C34H41N3O7. The van der Waals surface area contributed by atoms with Crippen LogP contribution in [0.1, 0.15) is 55.6 Å². The fraction of sp³-hybridized carbons (Fsp3) is 0.500. The number of aliphatic hydroxyl groups is 1. The van der Waals surface area contributed by atoms with Crippen molar-refractivity contribution in [1.29, 1.82) is 0 Å². The second-order valence-electron chi connectivity index (χ2n) is 13.3. The first-order valence-corrected chi connectivity index (χ1v) is 15.2. The lowest BCUT2D eigenvalue weighted by molar-refractivity contribution is -0.181. The number of primary amides is 1. The van der Waals surface area contributed by atoms with Gasteiger partial charge in [0.2, 0.25) is 5.91 Å². The van der Waals surface area contributed by atoms with Crippen molar-refractivity contribution in [3.05, 3.63) is 53.1 Å². The predicted molar refractivity (Wildman–Crippen MR) is 163 cm³/mol. The van der Waals surface area contributed by atoms with Gasteiger partial charge in [0.1, 0.15) is 5.75 Å². The van der Waals surface area contributed by atoms with Crippen LogP contribution < -0.4 is 5.73 Å². The third-order valence-electron chi connectivity index (χ3n) is 9.90. The molecule has 0 spiro atoms. The van der Waals surface area contributed by atoms with E-state index in [9.17, 15) is 34.2 Å². The summed E-state index contributed by atoms with van der Waals surface area (Å²) in [4.78, 5) is 70.8. The summed E-state index contributed by atoms with van der Waals surface area (Å²) in [6.07, 6.45) is 0.226. The van der Waals surface area contributed by atoms with Crippen molar-refractivity contribution in [2.75, 3.05) is 14.1 Å². The van der Waals surface area contributed by atoms with E-state index in [4.69, 9.17) is 5.73 Å². The largest absolute Gasteiger partial charge is 0.507 e. The minimum absolute atomic E-state index is 0.0102. The summed E-state index contributed by atoms with van der Waals surface area (Å²) in [6.45, 7) is 9.42. The first-order valence-electron chi connectivity index (χ1n) is 15.2. The Hall–Kier alpha value is -3.73. The van der Waals surface area contributed by atoms with E-state index in [1.165, 1.54) is 11.0 Å². The van der Waals surface area contributed by atoms with E-state index in [1.807, 2.05) is 24.3 Å². The summed E-state index contributed by atoms with van der Waals surface area (Å²) < 4.78 is 0. The van der Waals surface area contributed by atoms with E-state index in [0.29, 0.717) is 17.6 Å². The average molecular weight is 604 g/mol. The number of fused-ring (bicyclic) bond motifs is 3. The molecular weight excluding hydrogens is 562 g/mol. The number of likely N-dealkylation sites (N-methyl/N-ethyl adjacent to an activating group) is 1. The molecule has 5 rings (SSSR count). The summed E-state index contributed by atoms with van der Waals surface area (Å²) in [5.41, 5.74) is 5.93. The van der Waals surface area contributed by atoms with Gasteiger partial charge in [-0.05, 0) is 88.9 Å². The van der Waals surface area contributed by atoms with Crippen molar-refractivity contribution in [3.63, 3.8) is 0 Å². The van der Waals surface area contributed by atoms with Crippen molar-refractivity contribution in [3.8, 4) is 16.9 Å². The molecule has 1 amide bonds. The SMILES string of the molecule is CC(C)N(Cc1ccc(-c2ccc(O)c3c2C[C@H]2C[C@H]4[C@H](N(C)C)C(=O)C(C(N)=O)C(=O)[C@@]4(O)C(=O)C2C3=O)cc1)C(C)C. The monoisotopic (exact) mass is 603 g/mol. The molecule has 234 valence electrons. The number of hydrogen-bond donors (Lipinski definition) is 3. The van der Waals surface area contributed by atoms with Gasteiger partial charge in [0.15, 0.2) is 34.7 Å². The quantitative estimate of drug-likeness (QED) is 0.403. The van der Waals surface area contributed by atoms with Crippen molar-refractivity contribution in [2.45, 2.75) is 70.8 Å². The molecule has 3 aliphatic carbocycles. The molecule has 4 N–H and O–H groups in total. The molecule has 3 aliphatic rings. The zero-order valence-electron chi connectivity index (χ0n) is 26.0. The number of benzene rings is 2.